The van der Waals surface area contributed by atoms with E-state index in [4.69, 9.17) is 33.4 Å². The molecule has 0 unspecified atom stereocenters. The maximum Gasteiger partial charge on any atom is 0.244 e. The zero-order valence-corrected chi connectivity index (χ0v) is 33.3. The molecule has 0 aliphatic heterocycles. The molecule has 0 saturated carbocycles. The van der Waals surface area contributed by atoms with Gasteiger partial charge in [0.2, 0.25) is 29.5 Å². The van der Waals surface area contributed by atoms with Crippen molar-refractivity contribution in [3.63, 3.8) is 0 Å². The number of halogens is 1. The van der Waals surface area contributed by atoms with Crippen LogP contribution in [-0.4, -0.2) is 79.3 Å². The first-order valence-electron chi connectivity index (χ1n) is 18.8. The molecule has 17 nitrogen and oxygen atoms in total. The summed E-state index contributed by atoms with van der Waals surface area (Å²) in [4.78, 5) is 75.4. The van der Waals surface area contributed by atoms with Gasteiger partial charge in [0.05, 0.1) is 12.8 Å². The van der Waals surface area contributed by atoms with Crippen LogP contribution in [0.4, 0.5) is 10.1 Å². The predicted octanol–water partition coefficient (Wildman–Crippen LogP) is 0.762. The van der Waals surface area contributed by atoms with Crippen molar-refractivity contribution in [1.82, 2.24) is 21.3 Å². The Labute approximate surface area is 342 Å². The third-order valence-electron chi connectivity index (χ3n) is 8.74. The molecule has 0 fully saturated rings. The average Bonchev–Trinajstić information content (AvgIpc) is 3.18. The van der Waals surface area contributed by atoms with Crippen molar-refractivity contribution in [3.05, 3.63) is 101 Å². The van der Waals surface area contributed by atoms with Gasteiger partial charge in [-0.15, -0.1) is 0 Å². The van der Waals surface area contributed by atoms with Gasteiger partial charge in [0, 0.05) is 25.5 Å². The highest BCUT2D eigenvalue weighted by Crippen LogP contribution is 2.16. The molecule has 4 atom stereocenters. The van der Waals surface area contributed by atoms with Crippen molar-refractivity contribution in [1.29, 1.82) is 0 Å². The molecule has 5 amide bonds. The van der Waals surface area contributed by atoms with Crippen LogP contribution >= 0.6 is 0 Å². The number of guanidine groups is 2. The molecule has 0 aliphatic carbocycles. The molecule has 0 bridgehead atoms. The van der Waals surface area contributed by atoms with Gasteiger partial charge in [-0.1, -0.05) is 50.2 Å². The summed E-state index contributed by atoms with van der Waals surface area (Å²) in [6.45, 7) is 3.89. The van der Waals surface area contributed by atoms with Crippen LogP contribution in [0.3, 0.4) is 0 Å². The Morgan fingerprint density at radius 3 is 1.75 bits per heavy atom. The summed E-state index contributed by atoms with van der Waals surface area (Å²) in [5.41, 5.74) is 29.6. The van der Waals surface area contributed by atoms with Crippen LogP contribution in [0.5, 0.6) is 5.75 Å². The Balaban J connectivity index is 1.93. The molecule has 0 aliphatic rings. The average molecular weight is 816 g/mol. The zero-order valence-electron chi connectivity index (χ0n) is 33.3. The maximum atomic E-state index is 14.2. The smallest absolute Gasteiger partial charge is 0.244 e. The van der Waals surface area contributed by atoms with Gasteiger partial charge in [0.25, 0.3) is 0 Å². The summed E-state index contributed by atoms with van der Waals surface area (Å²) in [7, 11) is 1.53. The minimum Gasteiger partial charge on any atom is -0.497 e. The lowest BCUT2D eigenvalue weighted by Crippen LogP contribution is -2.59. The number of nitrogens with two attached hydrogens (primary N) is 5. The summed E-state index contributed by atoms with van der Waals surface area (Å²) in [5, 5.41) is 10.8. The van der Waals surface area contributed by atoms with E-state index in [0.717, 1.165) is 0 Å². The van der Waals surface area contributed by atoms with Crippen molar-refractivity contribution >= 4 is 53.2 Å². The molecule has 18 heteroatoms. The van der Waals surface area contributed by atoms with Crippen molar-refractivity contribution in [2.75, 3.05) is 13.7 Å². The number of nitrogens with one attached hydrogen (secondary N) is 4. The van der Waals surface area contributed by atoms with Gasteiger partial charge in [-0.25, -0.2) is 9.38 Å². The fourth-order valence-electron chi connectivity index (χ4n) is 5.78. The third kappa shape index (κ3) is 17.0. The second-order valence-electron chi connectivity index (χ2n) is 14.1. The number of benzene rings is 3. The Bertz CT molecular complexity index is 1960. The highest BCUT2D eigenvalue weighted by atomic mass is 19.1. The van der Waals surface area contributed by atoms with E-state index in [1.807, 2.05) is 13.8 Å². The topological polar surface area (TPSA) is 298 Å². The highest BCUT2D eigenvalue weighted by Gasteiger charge is 2.31. The van der Waals surface area contributed by atoms with E-state index in [1.165, 1.54) is 37.5 Å². The van der Waals surface area contributed by atoms with Gasteiger partial charge >= 0.3 is 0 Å². The molecular formula is C41H54FN11O6. The molecule has 3 aromatic carbocycles. The van der Waals surface area contributed by atoms with Crippen molar-refractivity contribution in [3.8, 4) is 5.75 Å². The van der Waals surface area contributed by atoms with Crippen molar-refractivity contribution < 1.29 is 33.1 Å². The van der Waals surface area contributed by atoms with Crippen LogP contribution in [0, 0.1) is 11.7 Å². The van der Waals surface area contributed by atoms with E-state index in [-0.39, 0.29) is 50.1 Å². The second kappa shape index (κ2) is 23.3. The Morgan fingerprint density at radius 2 is 1.22 bits per heavy atom. The quantitative estimate of drug-likeness (QED) is 0.0297. The molecular weight excluding hydrogens is 762 g/mol. The number of amides is 5. The van der Waals surface area contributed by atoms with Crippen LogP contribution in [0.25, 0.3) is 6.08 Å². The second-order valence-corrected chi connectivity index (χ2v) is 14.1. The van der Waals surface area contributed by atoms with Crippen LogP contribution in [0.2, 0.25) is 0 Å². The van der Waals surface area contributed by atoms with E-state index < -0.39 is 59.5 Å². The number of nitrogens with zero attached hydrogens (tertiary/aromatic N) is 2. The summed E-state index contributed by atoms with van der Waals surface area (Å²) in [6.07, 6.45) is 3.29. The number of hydrogen-bond acceptors (Lipinski definition) is 8. The molecule has 59 heavy (non-hydrogen) atoms. The molecule has 14 N–H and O–H groups in total. The summed E-state index contributed by atoms with van der Waals surface area (Å²) in [5.74, 6) is -3.79. The SMILES string of the molecule is COc1ccc(/C=C/C(=O)N[C@@H](Cc2ccc(F)cc2)C(=O)N[C@@H](Cc2ccc(N=C(N)N)cc2)C(=O)N[C@@H](CC(C)C)C(=O)N[C@@H](CCCN=C(N)N)C(N)=O)cc1. The molecule has 0 saturated heterocycles. The van der Waals surface area contributed by atoms with Crippen LogP contribution < -0.4 is 54.7 Å². The van der Waals surface area contributed by atoms with Gasteiger partial charge in [0.1, 0.15) is 35.7 Å². The normalized spacial score (nSPS) is 13.0. The van der Waals surface area contributed by atoms with E-state index in [2.05, 4.69) is 31.3 Å². The summed E-state index contributed by atoms with van der Waals surface area (Å²) < 4.78 is 19.0. The monoisotopic (exact) mass is 815 g/mol. The number of hydrogen-bond donors (Lipinski definition) is 9. The largest absolute Gasteiger partial charge is 0.497 e. The van der Waals surface area contributed by atoms with Crippen LogP contribution in [-0.2, 0) is 36.8 Å². The first-order valence-corrected chi connectivity index (χ1v) is 18.8. The number of carbonyl (C=O) groups is 5. The lowest BCUT2D eigenvalue weighted by molar-refractivity contribution is -0.134. The number of carbonyl (C=O) groups excluding carboxylic acids is 5. The number of methoxy groups -OCH3 is 1. The van der Waals surface area contributed by atoms with Crippen molar-refractivity contribution in [2.24, 2.45) is 44.6 Å². The lowest BCUT2D eigenvalue weighted by atomic mass is 9.99. The zero-order chi connectivity index (χ0) is 43.5. The van der Waals surface area contributed by atoms with E-state index >= 15 is 0 Å². The predicted molar refractivity (Wildman–Crippen MR) is 224 cm³/mol. The van der Waals surface area contributed by atoms with Gasteiger partial charge in [0.15, 0.2) is 11.9 Å². The fourth-order valence-corrected chi connectivity index (χ4v) is 5.78. The Morgan fingerprint density at radius 1 is 0.695 bits per heavy atom. The maximum absolute atomic E-state index is 14.2. The Hall–Kier alpha value is -6.98. The highest BCUT2D eigenvalue weighted by molar-refractivity contribution is 5.98. The van der Waals surface area contributed by atoms with E-state index in [1.54, 1.807) is 54.6 Å². The van der Waals surface area contributed by atoms with Crippen LogP contribution in [0.1, 0.15) is 49.8 Å². The molecule has 0 aromatic heterocycles. The van der Waals surface area contributed by atoms with Gasteiger partial charge in [-0.05, 0) is 84.3 Å². The number of primary amides is 1. The third-order valence-corrected chi connectivity index (χ3v) is 8.74. The molecule has 0 heterocycles. The van der Waals surface area contributed by atoms with Crippen molar-refractivity contribution in [2.45, 2.75) is 70.1 Å². The van der Waals surface area contributed by atoms with Crippen LogP contribution in [0.15, 0.2) is 88.9 Å². The molecule has 3 aromatic rings. The fraction of sp³-hybridized carbons (Fsp3) is 0.341. The standard InChI is InChI=1S/C41H54FN11O6/c1-24(2)21-32(37(56)51-31(36(43)55)5-4-20-48-40(44)45)52-39(58)34(23-27-8-15-29(16-9-27)49-41(46)47)53-38(57)33(22-26-6-13-28(42)14-7-26)50-35(54)19-12-25-10-17-30(59-3)18-11-25/h6-19,24,31-34H,4-5,20-23H2,1-3H3,(H2,43,55)(H,50,54)(H,51,56)(H,52,58)(H,53,57)(H4,44,45,48)(H4,46,47,49)/b19-12+/t31-,32-,33-,34-/m0/s1. The molecule has 3 rings (SSSR count). The van der Waals surface area contributed by atoms with Gasteiger partial charge < -0.3 is 54.7 Å². The number of rotatable bonds is 22. The van der Waals surface area contributed by atoms with Gasteiger partial charge in [-0.2, -0.15) is 0 Å². The lowest BCUT2D eigenvalue weighted by Gasteiger charge is -2.27. The summed E-state index contributed by atoms with van der Waals surface area (Å²) >= 11 is 0. The molecule has 0 spiro atoms. The van der Waals surface area contributed by atoms with Gasteiger partial charge in [-0.3, -0.25) is 29.0 Å². The number of aliphatic imine (C=N–C) groups is 2. The Kier molecular flexibility index (Phi) is 18.3. The summed E-state index contributed by atoms with van der Waals surface area (Å²) in [6, 6.07) is 14.1. The van der Waals surface area contributed by atoms with E-state index in [9.17, 15) is 28.4 Å². The van der Waals surface area contributed by atoms with E-state index in [0.29, 0.717) is 34.5 Å². The first-order chi connectivity index (χ1) is 28.0. The molecule has 0 radical (unpaired) electrons. The minimum atomic E-state index is -1.30. The first kappa shape index (κ1) is 46.4. The minimum absolute atomic E-state index is 0.0636. The molecule has 316 valence electrons. The number of ether oxygens (including phenoxy) is 1.